The van der Waals surface area contributed by atoms with E-state index in [1.165, 1.54) is 17.9 Å². The maximum Gasteiger partial charge on any atom is 0.244 e. The van der Waals surface area contributed by atoms with Crippen LogP contribution in [0.2, 0.25) is 0 Å². The van der Waals surface area contributed by atoms with E-state index in [4.69, 9.17) is 14.2 Å². The average molecular weight is 520 g/mol. The van der Waals surface area contributed by atoms with Crippen LogP contribution in [0.5, 0.6) is 17.2 Å². The molecule has 1 aliphatic heterocycles. The molecular weight excluding hydrogens is 486 g/mol. The molecule has 1 aliphatic rings. The number of nitrogens with one attached hydrogen (secondary N) is 1. The molecule has 1 heterocycles. The number of fused-ring (bicyclic) bond motifs is 1. The first-order chi connectivity index (χ1) is 17.2. The third-order valence-electron chi connectivity index (χ3n) is 5.87. The number of nitrogens with zero attached hydrogens (tertiary/aromatic N) is 2. The van der Waals surface area contributed by atoms with E-state index in [0.29, 0.717) is 30.2 Å². The van der Waals surface area contributed by atoms with Gasteiger partial charge in [-0.2, -0.15) is 0 Å². The molecule has 0 radical (unpaired) electrons. The summed E-state index contributed by atoms with van der Waals surface area (Å²) < 4.78 is 43.1. The molecule has 0 spiro atoms. The van der Waals surface area contributed by atoms with Gasteiger partial charge in [-0.25, -0.2) is 8.42 Å². The molecule has 0 saturated heterocycles. The first kappa shape index (κ1) is 27.1. The fourth-order valence-corrected chi connectivity index (χ4v) is 4.95. The van der Waals surface area contributed by atoms with Crippen molar-refractivity contribution in [3.8, 4) is 17.2 Å². The fourth-order valence-electron chi connectivity index (χ4n) is 3.90. The summed E-state index contributed by atoms with van der Waals surface area (Å²) in [5.41, 5.74) is 1.06. The van der Waals surface area contributed by atoms with E-state index in [1.807, 2.05) is 19.1 Å². The monoisotopic (exact) mass is 519 g/mol. The second-order valence-electron chi connectivity index (χ2n) is 8.13. The van der Waals surface area contributed by atoms with Gasteiger partial charge >= 0.3 is 0 Å². The molecule has 0 unspecified atom stereocenters. The van der Waals surface area contributed by atoms with Crippen LogP contribution in [0.15, 0.2) is 42.5 Å². The predicted octanol–water partition coefficient (Wildman–Crippen LogP) is 2.52. The van der Waals surface area contributed by atoms with Crippen LogP contribution in [0.1, 0.15) is 32.8 Å². The molecule has 0 bridgehead atoms. The van der Waals surface area contributed by atoms with Gasteiger partial charge in [0.25, 0.3) is 0 Å². The van der Waals surface area contributed by atoms with Gasteiger partial charge in [-0.1, -0.05) is 19.1 Å². The highest BCUT2D eigenvalue weighted by molar-refractivity contribution is 7.92. The molecule has 0 saturated carbocycles. The van der Waals surface area contributed by atoms with Crippen LogP contribution >= 0.6 is 0 Å². The zero-order valence-corrected chi connectivity index (χ0v) is 21.8. The molecule has 1 N–H and O–H groups in total. The van der Waals surface area contributed by atoms with E-state index >= 15 is 0 Å². The van der Waals surface area contributed by atoms with Crippen LogP contribution in [-0.4, -0.2) is 63.9 Å². The maximum atomic E-state index is 13.7. The molecule has 0 fully saturated rings. The lowest BCUT2D eigenvalue weighted by atomic mass is 10.1. The Labute approximate surface area is 212 Å². The SMILES string of the molecule is CCNC(=O)[C@H](CC)N(Cc1ccc(OC)cc1)C(=O)CN(c1ccc2c(c1)OCO2)S(=O)(=O)CC. The van der Waals surface area contributed by atoms with Gasteiger partial charge in [0.15, 0.2) is 11.5 Å². The van der Waals surface area contributed by atoms with Crippen LogP contribution in [0.3, 0.4) is 0 Å². The van der Waals surface area contributed by atoms with Gasteiger partial charge in [0.1, 0.15) is 18.3 Å². The van der Waals surface area contributed by atoms with Gasteiger partial charge in [0.05, 0.1) is 18.6 Å². The van der Waals surface area contributed by atoms with Gasteiger partial charge in [-0.3, -0.25) is 13.9 Å². The summed E-state index contributed by atoms with van der Waals surface area (Å²) in [4.78, 5) is 28.0. The number of sulfonamides is 1. The third-order valence-corrected chi connectivity index (χ3v) is 7.61. The molecule has 0 aromatic heterocycles. The molecule has 0 aliphatic carbocycles. The minimum Gasteiger partial charge on any atom is -0.497 e. The van der Waals surface area contributed by atoms with Crippen molar-refractivity contribution in [1.29, 1.82) is 0 Å². The standard InChI is InChI=1S/C25H33N3O7S/c1-5-21(25(30)26-6-2)27(15-18-8-11-20(33-4)12-9-18)24(29)16-28(36(31,32)7-3)19-10-13-22-23(14-19)35-17-34-22/h8-14,21H,5-7,15-17H2,1-4H3,(H,26,30)/t21-/m0/s1. The van der Waals surface area contributed by atoms with Crippen molar-refractivity contribution < 1.29 is 32.2 Å². The van der Waals surface area contributed by atoms with E-state index in [-0.39, 0.29) is 30.7 Å². The van der Waals surface area contributed by atoms with Crippen LogP contribution in [0, 0.1) is 0 Å². The molecule has 2 aromatic carbocycles. The number of rotatable bonds is 12. The summed E-state index contributed by atoms with van der Waals surface area (Å²) >= 11 is 0. The van der Waals surface area contributed by atoms with Crippen molar-refractivity contribution in [1.82, 2.24) is 10.2 Å². The number of hydrogen-bond acceptors (Lipinski definition) is 7. The molecule has 36 heavy (non-hydrogen) atoms. The van der Waals surface area contributed by atoms with Gasteiger partial charge in [-0.05, 0) is 50.1 Å². The predicted molar refractivity (Wildman–Crippen MR) is 136 cm³/mol. The van der Waals surface area contributed by atoms with E-state index in [1.54, 1.807) is 38.3 Å². The zero-order chi connectivity index (χ0) is 26.3. The Morgan fingerprint density at radius 3 is 2.36 bits per heavy atom. The number of ether oxygens (including phenoxy) is 3. The Kier molecular flexibility index (Phi) is 9.03. The van der Waals surface area contributed by atoms with Gasteiger partial charge < -0.3 is 24.4 Å². The first-order valence-electron chi connectivity index (χ1n) is 11.8. The Balaban J connectivity index is 1.96. The van der Waals surface area contributed by atoms with E-state index in [2.05, 4.69) is 5.32 Å². The number of carbonyl (C=O) groups excluding carboxylic acids is 2. The molecule has 10 nitrogen and oxygen atoms in total. The number of likely N-dealkylation sites (N-methyl/N-ethyl adjacent to an activating group) is 1. The number of anilines is 1. The summed E-state index contributed by atoms with van der Waals surface area (Å²) in [6.07, 6.45) is 0.359. The smallest absolute Gasteiger partial charge is 0.244 e. The van der Waals surface area contributed by atoms with E-state index < -0.39 is 28.5 Å². The van der Waals surface area contributed by atoms with E-state index in [0.717, 1.165) is 9.87 Å². The van der Waals surface area contributed by atoms with E-state index in [9.17, 15) is 18.0 Å². The summed E-state index contributed by atoms with van der Waals surface area (Å²) in [7, 11) is -2.27. The van der Waals surface area contributed by atoms with Crippen molar-refractivity contribution in [3.05, 3.63) is 48.0 Å². The second-order valence-corrected chi connectivity index (χ2v) is 10.3. The largest absolute Gasteiger partial charge is 0.497 e. The van der Waals surface area contributed by atoms with Gasteiger partial charge in [0, 0.05) is 19.2 Å². The van der Waals surface area contributed by atoms with Crippen molar-refractivity contribution in [2.24, 2.45) is 0 Å². The second kappa shape index (κ2) is 12.0. The maximum absolute atomic E-state index is 13.7. The Hall–Kier alpha value is -3.47. The molecule has 3 rings (SSSR count). The zero-order valence-electron chi connectivity index (χ0n) is 21.0. The Bertz CT molecular complexity index is 1170. The minimum atomic E-state index is -3.83. The Morgan fingerprint density at radius 2 is 1.75 bits per heavy atom. The molecular formula is C25H33N3O7S. The van der Waals surface area contributed by atoms with Crippen molar-refractivity contribution >= 4 is 27.5 Å². The Morgan fingerprint density at radius 1 is 1.06 bits per heavy atom. The summed E-state index contributed by atoms with van der Waals surface area (Å²) in [6, 6.07) is 11.1. The van der Waals surface area contributed by atoms with Crippen LogP contribution in [0.4, 0.5) is 5.69 Å². The quantitative estimate of drug-likeness (QED) is 0.458. The topological polar surface area (TPSA) is 114 Å². The summed E-state index contributed by atoms with van der Waals surface area (Å²) in [5, 5.41) is 2.78. The lowest BCUT2D eigenvalue weighted by Crippen LogP contribution is -2.52. The van der Waals surface area contributed by atoms with Gasteiger partial charge in [0.2, 0.25) is 28.6 Å². The first-order valence-corrected chi connectivity index (χ1v) is 13.4. The highest BCUT2D eigenvalue weighted by atomic mass is 32.2. The highest BCUT2D eigenvalue weighted by Crippen LogP contribution is 2.36. The average Bonchev–Trinajstić information content (AvgIpc) is 3.35. The van der Waals surface area contributed by atoms with Crippen molar-refractivity contribution in [2.45, 2.75) is 39.8 Å². The molecule has 196 valence electrons. The minimum absolute atomic E-state index is 0.0403. The molecule has 2 amide bonds. The van der Waals surface area contributed by atoms with Gasteiger partial charge in [-0.15, -0.1) is 0 Å². The molecule has 11 heteroatoms. The summed E-state index contributed by atoms with van der Waals surface area (Å²) in [5.74, 6) is 0.562. The highest BCUT2D eigenvalue weighted by Gasteiger charge is 2.32. The number of amides is 2. The summed E-state index contributed by atoms with van der Waals surface area (Å²) in [6.45, 7) is 5.23. The fraction of sp³-hybridized carbons (Fsp3) is 0.440. The molecule has 1 atom stereocenters. The number of hydrogen-bond donors (Lipinski definition) is 1. The lowest BCUT2D eigenvalue weighted by Gasteiger charge is -2.33. The number of carbonyl (C=O) groups is 2. The lowest BCUT2D eigenvalue weighted by molar-refractivity contribution is -0.140. The number of methoxy groups -OCH3 is 1. The van der Waals surface area contributed by atoms with Crippen LogP contribution < -0.4 is 23.8 Å². The van der Waals surface area contributed by atoms with Crippen molar-refractivity contribution in [3.63, 3.8) is 0 Å². The number of benzene rings is 2. The third kappa shape index (κ3) is 6.20. The normalized spacial score (nSPS) is 13.1. The molecule has 2 aromatic rings. The van der Waals surface area contributed by atoms with Crippen LogP contribution in [0.25, 0.3) is 0 Å². The van der Waals surface area contributed by atoms with Crippen LogP contribution in [-0.2, 0) is 26.2 Å². The van der Waals surface area contributed by atoms with Crippen molar-refractivity contribution in [2.75, 3.05) is 37.1 Å².